The van der Waals surface area contributed by atoms with Crippen molar-refractivity contribution < 1.29 is 9.53 Å². The lowest BCUT2D eigenvalue weighted by atomic mass is 10.0. The maximum atomic E-state index is 13.0. The van der Waals surface area contributed by atoms with Crippen molar-refractivity contribution in [1.82, 2.24) is 15.2 Å². The van der Waals surface area contributed by atoms with Crippen molar-refractivity contribution in [3.05, 3.63) is 59.4 Å². The molecule has 2 heterocycles. The summed E-state index contributed by atoms with van der Waals surface area (Å²) in [5.74, 6) is 0.885. The number of ether oxygens (including phenoxy) is 1. The number of benzene rings is 1. The number of aromatic nitrogens is 1. The maximum Gasteiger partial charge on any atom is 0.227 e. The van der Waals surface area contributed by atoms with E-state index in [9.17, 15) is 4.79 Å². The lowest BCUT2D eigenvalue weighted by Crippen LogP contribution is -2.49. The second-order valence-electron chi connectivity index (χ2n) is 6.09. The monoisotopic (exact) mass is 325 g/mol. The molecule has 0 aliphatic carbocycles. The Labute approximate surface area is 142 Å². The van der Waals surface area contributed by atoms with Gasteiger partial charge in [-0.1, -0.05) is 23.8 Å². The molecule has 1 aliphatic heterocycles. The third-order valence-corrected chi connectivity index (χ3v) is 4.41. The van der Waals surface area contributed by atoms with E-state index in [-0.39, 0.29) is 11.9 Å². The average molecular weight is 325 g/mol. The molecule has 1 aromatic heterocycles. The summed E-state index contributed by atoms with van der Waals surface area (Å²) in [4.78, 5) is 19.1. The number of carbonyl (C=O) groups is 1. The predicted octanol–water partition coefficient (Wildman–Crippen LogP) is 2.11. The van der Waals surface area contributed by atoms with Gasteiger partial charge >= 0.3 is 0 Å². The summed E-state index contributed by atoms with van der Waals surface area (Å²) in [6.07, 6.45) is 3.94. The second kappa shape index (κ2) is 7.45. The number of aryl methyl sites for hydroxylation is 1. The maximum absolute atomic E-state index is 13.0. The molecule has 5 heteroatoms. The lowest BCUT2D eigenvalue weighted by Gasteiger charge is -2.36. The number of nitrogens with zero attached hydrogens (tertiary/aromatic N) is 2. The molecule has 1 aromatic carbocycles. The minimum Gasteiger partial charge on any atom is -0.496 e. The van der Waals surface area contributed by atoms with Crippen LogP contribution in [0.5, 0.6) is 5.75 Å². The summed E-state index contributed by atoms with van der Waals surface area (Å²) in [6, 6.07) is 9.91. The number of piperazine rings is 1. The molecule has 0 radical (unpaired) electrons. The first kappa shape index (κ1) is 16.5. The number of nitrogens with one attached hydrogen (secondary N) is 1. The van der Waals surface area contributed by atoms with Crippen LogP contribution in [0.2, 0.25) is 0 Å². The third kappa shape index (κ3) is 3.57. The molecule has 24 heavy (non-hydrogen) atoms. The second-order valence-corrected chi connectivity index (χ2v) is 6.09. The molecule has 1 atom stereocenters. The summed E-state index contributed by atoms with van der Waals surface area (Å²) in [5.41, 5.74) is 3.13. The number of methoxy groups -OCH3 is 1. The quantitative estimate of drug-likeness (QED) is 0.935. The Morgan fingerprint density at radius 2 is 2.29 bits per heavy atom. The van der Waals surface area contributed by atoms with Gasteiger partial charge in [0.2, 0.25) is 5.91 Å². The number of hydrogen-bond donors (Lipinski definition) is 1. The van der Waals surface area contributed by atoms with Crippen molar-refractivity contribution in [3.8, 4) is 5.75 Å². The highest BCUT2D eigenvalue weighted by Crippen LogP contribution is 2.25. The fourth-order valence-electron chi connectivity index (χ4n) is 3.18. The van der Waals surface area contributed by atoms with Crippen LogP contribution in [-0.2, 0) is 11.2 Å². The van der Waals surface area contributed by atoms with Gasteiger partial charge in [0, 0.05) is 37.6 Å². The van der Waals surface area contributed by atoms with Crippen LogP contribution in [0.25, 0.3) is 0 Å². The van der Waals surface area contributed by atoms with E-state index >= 15 is 0 Å². The standard InChI is InChI=1S/C19H23N3O2/c1-14-5-6-18(24-2)16(10-14)11-19(23)22-9-8-21-13-17(22)15-4-3-7-20-12-15/h3-7,10,12,17,21H,8-9,11,13H2,1-2H3. The molecule has 1 aliphatic rings. The van der Waals surface area contributed by atoms with Crippen LogP contribution < -0.4 is 10.1 Å². The van der Waals surface area contributed by atoms with E-state index in [1.54, 1.807) is 13.3 Å². The molecule has 1 saturated heterocycles. The van der Waals surface area contributed by atoms with E-state index in [0.717, 1.165) is 35.5 Å². The fourth-order valence-corrected chi connectivity index (χ4v) is 3.18. The van der Waals surface area contributed by atoms with Gasteiger partial charge in [0.05, 0.1) is 19.6 Å². The van der Waals surface area contributed by atoms with E-state index in [4.69, 9.17) is 4.74 Å². The zero-order valence-electron chi connectivity index (χ0n) is 14.2. The van der Waals surface area contributed by atoms with E-state index < -0.39 is 0 Å². The van der Waals surface area contributed by atoms with Gasteiger partial charge in [-0.15, -0.1) is 0 Å². The number of carbonyl (C=O) groups excluding carboxylic acids is 1. The van der Waals surface area contributed by atoms with E-state index in [1.807, 2.05) is 48.4 Å². The Morgan fingerprint density at radius 1 is 1.42 bits per heavy atom. The Morgan fingerprint density at radius 3 is 3.04 bits per heavy atom. The Kier molecular flexibility index (Phi) is 5.11. The number of pyridine rings is 1. The van der Waals surface area contributed by atoms with Gasteiger partial charge in [0.15, 0.2) is 0 Å². The van der Waals surface area contributed by atoms with Gasteiger partial charge in [-0.2, -0.15) is 0 Å². The summed E-state index contributed by atoms with van der Waals surface area (Å²) in [6.45, 7) is 4.29. The van der Waals surface area contributed by atoms with Crippen LogP contribution in [0.4, 0.5) is 0 Å². The van der Waals surface area contributed by atoms with Gasteiger partial charge in [-0.25, -0.2) is 0 Å². The Bertz CT molecular complexity index is 703. The normalized spacial score (nSPS) is 17.6. The predicted molar refractivity (Wildman–Crippen MR) is 93.0 cm³/mol. The van der Waals surface area contributed by atoms with Crippen LogP contribution in [-0.4, -0.2) is 42.5 Å². The molecule has 1 N–H and O–H groups in total. The van der Waals surface area contributed by atoms with Crippen molar-refractivity contribution in [2.24, 2.45) is 0 Å². The number of rotatable bonds is 4. The molecule has 0 saturated carbocycles. The zero-order valence-corrected chi connectivity index (χ0v) is 14.2. The molecule has 1 fully saturated rings. The molecule has 1 amide bonds. The smallest absolute Gasteiger partial charge is 0.227 e. The molecule has 126 valence electrons. The van der Waals surface area contributed by atoms with Crippen LogP contribution in [0.3, 0.4) is 0 Å². The number of amides is 1. The van der Waals surface area contributed by atoms with Crippen LogP contribution in [0.15, 0.2) is 42.7 Å². The summed E-state index contributed by atoms with van der Waals surface area (Å²) < 4.78 is 5.41. The molecular formula is C19H23N3O2. The lowest BCUT2D eigenvalue weighted by molar-refractivity contribution is -0.133. The molecule has 0 bridgehead atoms. The topological polar surface area (TPSA) is 54.5 Å². The SMILES string of the molecule is COc1ccc(C)cc1CC(=O)N1CCNCC1c1cccnc1. The highest BCUT2D eigenvalue weighted by atomic mass is 16.5. The van der Waals surface area contributed by atoms with Crippen LogP contribution in [0.1, 0.15) is 22.7 Å². The molecule has 5 nitrogen and oxygen atoms in total. The summed E-state index contributed by atoms with van der Waals surface area (Å²) >= 11 is 0. The van der Waals surface area contributed by atoms with Gasteiger partial charge in [-0.3, -0.25) is 9.78 Å². The molecular weight excluding hydrogens is 302 g/mol. The van der Waals surface area contributed by atoms with Crippen LogP contribution >= 0.6 is 0 Å². The average Bonchev–Trinajstić information content (AvgIpc) is 2.62. The highest BCUT2D eigenvalue weighted by Gasteiger charge is 2.28. The first-order valence-electron chi connectivity index (χ1n) is 8.22. The van der Waals surface area contributed by atoms with E-state index in [1.165, 1.54) is 0 Å². The first-order valence-corrected chi connectivity index (χ1v) is 8.22. The van der Waals surface area contributed by atoms with Crippen molar-refractivity contribution >= 4 is 5.91 Å². The van der Waals surface area contributed by atoms with Gasteiger partial charge < -0.3 is 15.0 Å². The van der Waals surface area contributed by atoms with Crippen molar-refractivity contribution in [2.75, 3.05) is 26.7 Å². The minimum atomic E-state index is 0.0238. The Balaban J connectivity index is 1.81. The first-order chi connectivity index (χ1) is 11.7. The number of hydrogen-bond acceptors (Lipinski definition) is 4. The van der Waals surface area contributed by atoms with E-state index in [2.05, 4.69) is 10.3 Å². The van der Waals surface area contributed by atoms with Crippen molar-refractivity contribution in [2.45, 2.75) is 19.4 Å². The zero-order chi connectivity index (χ0) is 16.9. The molecule has 3 rings (SSSR count). The van der Waals surface area contributed by atoms with Crippen molar-refractivity contribution in [3.63, 3.8) is 0 Å². The Hall–Kier alpha value is -2.40. The fraction of sp³-hybridized carbons (Fsp3) is 0.368. The molecule has 2 aromatic rings. The van der Waals surface area contributed by atoms with Crippen LogP contribution in [0, 0.1) is 6.92 Å². The molecule has 0 spiro atoms. The highest BCUT2D eigenvalue weighted by molar-refractivity contribution is 5.80. The van der Waals surface area contributed by atoms with Gasteiger partial charge in [-0.05, 0) is 24.6 Å². The van der Waals surface area contributed by atoms with Gasteiger partial charge in [0.25, 0.3) is 0 Å². The van der Waals surface area contributed by atoms with Crippen molar-refractivity contribution in [1.29, 1.82) is 0 Å². The third-order valence-electron chi connectivity index (χ3n) is 4.41. The summed E-state index contributed by atoms with van der Waals surface area (Å²) in [5, 5.41) is 3.37. The summed E-state index contributed by atoms with van der Waals surface area (Å²) in [7, 11) is 1.64. The largest absolute Gasteiger partial charge is 0.496 e. The van der Waals surface area contributed by atoms with E-state index in [0.29, 0.717) is 13.0 Å². The molecule has 1 unspecified atom stereocenters. The minimum absolute atomic E-state index is 0.0238. The van der Waals surface area contributed by atoms with Gasteiger partial charge in [0.1, 0.15) is 5.75 Å².